The summed E-state index contributed by atoms with van der Waals surface area (Å²) < 4.78 is 82.7. The Morgan fingerprint density at radius 3 is 1.95 bits per heavy atom. The Morgan fingerprint density at radius 2 is 1.55 bits per heavy atom. The predicted octanol–water partition coefficient (Wildman–Crippen LogP) is 1.17. The van der Waals surface area contributed by atoms with Crippen LogP contribution in [0.4, 0.5) is 13.2 Å². The molecule has 0 unspecified atom stereocenters. The summed E-state index contributed by atoms with van der Waals surface area (Å²) in [7, 11) is -9.57. The maximum Gasteiger partial charge on any atom is 0.534 e. The predicted molar refractivity (Wildman–Crippen MR) is 64.2 cm³/mol. The van der Waals surface area contributed by atoms with Crippen LogP contribution >= 0.6 is 0 Å². The molecule has 1 aromatic carbocycles. The first kappa shape index (κ1) is 16.5. The van der Waals surface area contributed by atoms with Crippen LogP contribution < -0.4 is 9.32 Å². The Bertz CT molecular complexity index is 705. The van der Waals surface area contributed by atoms with E-state index in [1.165, 1.54) is 0 Å². The second kappa shape index (κ2) is 5.42. The van der Waals surface area contributed by atoms with E-state index in [9.17, 15) is 30.0 Å². The van der Waals surface area contributed by atoms with Gasteiger partial charge in [0.15, 0.2) is 0 Å². The minimum Gasteiger partial charge on any atom is -0.376 e. The van der Waals surface area contributed by atoms with Gasteiger partial charge in [0.05, 0.1) is 0 Å². The molecule has 0 spiro atoms. The van der Waals surface area contributed by atoms with Crippen LogP contribution in [0.1, 0.15) is 5.56 Å². The average molecular weight is 331 g/mol. The number of halogens is 3. The molecule has 0 heterocycles. The van der Waals surface area contributed by atoms with E-state index >= 15 is 0 Å². The standard InChI is InChI=1S/C9H8F3NO5S2/c10-9(11,12)20(16,17)18-8-3-1-7(2-4-8)5-6-19(13,14)15/h1-6H,(H2,13,14,15). The third-order valence-electron chi connectivity index (χ3n) is 1.82. The molecule has 0 radical (unpaired) electrons. The molecule has 2 N–H and O–H groups in total. The number of alkyl halides is 3. The summed E-state index contributed by atoms with van der Waals surface area (Å²) in [4.78, 5) is 0. The van der Waals surface area contributed by atoms with Gasteiger partial charge >= 0.3 is 15.6 Å². The van der Waals surface area contributed by atoms with Crippen molar-refractivity contribution in [1.29, 1.82) is 0 Å². The van der Waals surface area contributed by atoms with Gasteiger partial charge in [-0.05, 0) is 23.8 Å². The summed E-state index contributed by atoms with van der Waals surface area (Å²) in [5.74, 6) is -0.560. The van der Waals surface area contributed by atoms with Crippen molar-refractivity contribution < 1.29 is 34.2 Å². The van der Waals surface area contributed by atoms with Crippen LogP contribution in [0.5, 0.6) is 5.75 Å². The summed E-state index contributed by atoms with van der Waals surface area (Å²) in [6, 6.07) is 4.18. The lowest BCUT2D eigenvalue weighted by Crippen LogP contribution is -2.28. The van der Waals surface area contributed by atoms with Gasteiger partial charge in [-0.15, -0.1) is 0 Å². The first-order valence-electron chi connectivity index (χ1n) is 4.72. The molecule has 0 amide bonds. The summed E-state index contributed by atoms with van der Waals surface area (Å²) in [6.07, 6.45) is 1.08. The number of rotatable bonds is 4. The summed E-state index contributed by atoms with van der Waals surface area (Å²) in [6.45, 7) is 0. The van der Waals surface area contributed by atoms with Crippen molar-refractivity contribution in [3.8, 4) is 5.75 Å². The van der Waals surface area contributed by atoms with Crippen molar-refractivity contribution in [2.75, 3.05) is 0 Å². The van der Waals surface area contributed by atoms with Gasteiger partial charge in [-0.1, -0.05) is 12.1 Å². The third kappa shape index (κ3) is 4.83. The molecule has 0 saturated heterocycles. The number of hydrogen-bond donors (Lipinski definition) is 1. The van der Waals surface area contributed by atoms with Gasteiger partial charge < -0.3 is 4.18 Å². The van der Waals surface area contributed by atoms with E-state index in [0.29, 0.717) is 5.41 Å². The smallest absolute Gasteiger partial charge is 0.376 e. The molecule has 20 heavy (non-hydrogen) atoms. The topological polar surface area (TPSA) is 104 Å². The Kier molecular flexibility index (Phi) is 4.46. The zero-order chi connectivity index (χ0) is 15.6. The summed E-state index contributed by atoms with van der Waals surface area (Å²) in [5.41, 5.74) is -5.25. The van der Waals surface area contributed by atoms with E-state index < -0.39 is 31.4 Å². The Balaban J connectivity index is 2.91. The van der Waals surface area contributed by atoms with E-state index in [2.05, 4.69) is 4.18 Å². The highest BCUT2D eigenvalue weighted by Crippen LogP contribution is 2.27. The second-order valence-corrected chi connectivity index (χ2v) is 6.43. The maximum absolute atomic E-state index is 12.0. The lowest BCUT2D eigenvalue weighted by molar-refractivity contribution is -0.0500. The number of benzene rings is 1. The molecule has 11 heteroatoms. The monoisotopic (exact) mass is 331 g/mol. The van der Waals surface area contributed by atoms with E-state index in [1.807, 2.05) is 0 Å². The molecule has 0 saturated carbocycles. The molecule has 112 valence electrons. The lowest BCUT2D eigenvalue weighted by Gasteiger charge is -2.09. The Hall–Kier alpha value is -1.59. The van der Waals surface area contributed by atoms with E-state index in [0.717, 1.165) is 30.3 Å². The maximum atomic E-state index is 12.0. The average Bonchev–Trinajstić information content (AvgIpc) is 2.25. The van der Waals surface area contributed by atoms with Gasteiger partial charge in [-0.25, -0.2) is 13.6 Å². The Labute approximate surface area is 112 Å². The minimum absolute atomic E-state index is 0.274. The van der Waals surface area contributed by atoms with Gasteiger partial charge in [0.2, 0.25) is 10.0 Å². The van der Waals surface area contributed by atoms with Crippen LogP contribution in [0.25, 0.3) is 6.08 Å². The fraction of sp³-hybridized carbons (Fsp3) is 0.111. The van der Waals surface area contributed by atoms with Crippen molar-refractivity contribution in [3.05, 3.63) is 35.2 Å². The van der Waals surface area contributed by atoms with Gasteiger partial charge in [0.1, 0.15) is 5.75 Å². The number of nitrogens with two attached hydrogens (primary N) is 1. The summed E-state index contributed by atoms with van der Waals surface area (Å²) >= 11 is 0. The highest BCUT2D eigenvalue weighted by Gasteiger charge is 2.48. The Morgan fingerprint density at radius 1 is 1.05 bits per heavy atom. The summed E-state index contributed by atoms with van der Waals surface area (Å²) in [5, 5.41) is 5.38. The van der Waals surface area contributed by atoms with Gasteiger partial charge in [0, 0.05) is 5.41 Å². The second-order valence-electron chi connectivity index (χ2n) is 3.44. The molecule has 0 fully saturated rings. The van der Waals surface area contributed by atoms with Crippen molar-refractivity contribution in [1.82, 2.24) is 0 Å². The molecule has 0 aliphatic carbocycles. The first-order chi connectivity index (χ1) is 8.91. The van der Waals surface area contributed by atoms with Crippen LogP contribution in [0, 0.1) is 0 Å². The van der Waals surface area contributed by atoms with Crippen molar-refractivity contribution >= 4 is 26.2 Å². The fourth-order valence-electron chi connectivity index (χ4n) is 0.982. The molecule has 6 nitrogen and oxygen atoms in total. The molecule has 0 aliphatic rings. The molecule has 1 rings (SSSR count). The van der Waals surface area contributed by atoms with E-state index in [1.54, 1.807) is 0 Å². The number of sulfonamides is 1. The van der Waals surface area contributed by atoms with Gasteiger partial charge in [-0.2, -0.15) is 21.6 Å². The van der Waals surface area contributed by atoms with Crippen molar-refractivity contribution in [3.63, 3.8) is 0 Å². The molecule has 1 aromatic rings. The van der Waals surface area contributed by atoms with Gasteiger partial charge in [0.25, 0.3) is 0 Å². The minimum atomic E-state index is -5.73. The van der Waals surface area contributed by atoms with Gasteiger partial charge in [-0.3, -0.25) is 0 Å². The zero-order valence-corrected chi connectivity index (χ0v) is 11.2. The largest absolute Gasteiger partial charge is 0.534 e. The SMILES string of the molecule is NS(=O)(=O)C=Cc1ccc(OS(=O)(=O)C(F)(F)F)cc1. The van der Waals surface area contributed by atoms with Crippen LogP contribution in [-0.2, 0) is 20.1 Å². The van der Waals surface area contributed by atoms with Crippen LogP contribution in [0.2, 0.25) is 0 Å². The highest BCUT2D eigenvalue weighted by atomic mass is 32.2. The van der Waals surface area contributed by atoms with Crippen LogP contribution in [0.15, 0.2) is 29.7 Å². The lowest BCUT2D eigenvalue weighted by atomic mass is 10.2. The molecule has 0 atom stereocenters. The highest BCUT2D eigenvalue weighted by molar-refractivity contribution is 7.92. The number of primary sulfonamides is 1. The van der Waals surface area contributed by atoms with Crippen LogP contribution in [-0.4, -0.2) is 22.3 Å². The third-order valence-corrected chi connectivity index (χ3v) is 3.31. The molecular formula is C9H8F3NO5S2. The molecule has 0 aromatic heterocycles. The van der Waals surface area contributed by atoms with Crippen molar-refractivity contribution in [2.24, 2.45) is 5.14 Å². The molecule has 0 aliphatic heterocycles. The van der Waals surface area contributed by atoms with E-state index in [4.69, 9.17) is 5.14 Å². The first-order valence-corrected chi connectivity index (χ1v) is 7.74. The molecule has 0 bridgehead atoms. The normalized spacial score (nSPS) is 13.6. The fourth-order valence-corrected chi connectivity index (χ4v) is 1.79. The quantitative estimate of drug-likeness (QED) is 0.659. The van der Waals surface area contributed by atoms with Crippen LogP contribution in [0.3, 0.4) is 0 Å². The van der Waals surface area contributed by atoms with E-state index in [-0.39, 0.29) is 5.56 Å². The van der Waals surface area contributed by atoms with Crippen molar-refractivity contribution in [2.45, 2.75) is 5.51 Å². The zero-order valence-electron chi connectivity index (χ0n) is 9.53. The number of hydrogen-bond acceptors (Lipinski definition) is 5. The molecular weight excluding hydrogens is 323 g/mol.